The number of aryl methyl sites for hydroxylation is 1. The monoisotopic (exact) mass is 396 g/mol. The number of carbonyl (C=O) groups is 1. The van der Waals surface area contributed by atoms with Gasteiger partial charge in [0, 0.05) is 54.8 Å². The fourth-order valence-corrected chi connectivity index (χ4v) is 3.72. The Morgan fingerprint density at radius 2 is 1.75 bits per heavy atom. The minimum atomic E-state index is -0.329. The van der Waals surface area contributed by atoms with E-state index < -0.39 is 0 Å². The molecule has 0 radical (unpaired) electrons. The van der Waals surface area contributed by atoms with Crippen molar-refractivity contribution in [1.29, 1.82) is 0 Å². The summed E-state index contributed by atoms with van der Waals surface area (Å²) in [6.07, 6.45) is 0. The number of piperazine rings is 1. The first-order chi connectivity index (χ1) is 13.5. The number of nitrogens with zero attached hydrogens (tertiary/aromatic N) is 2. The molecule has 6 heteroatoms. The van der Waals surface area contributed by atoms with Crippen molar-refractivity contribution >= 4 is 28.5 Å². The Morgan fingerprint density at radius 1 is 1.04 bits per heavy atom. The molecular formula is C22H21ClN2O3. The third-order valence-corrected chi connectivity index (χ3v) is 5.38. The normalized spacial score (nSPS) is 15.1. The molecular weight excluding hydrogens is 376 g/mol. The van der Waals surface area contributed by atoms with Gasteiger partial charge in [0.15, 0.2) is 0 Å². The molecule has 1 aliphatic heterocycles. The molecule has 5 nitrogen and oxygen atoms in total. The van der Waals surface area contributed by atoms with E-state index in [0.717, 1.165) is 29.6 Å². The number of halogens is 1. The van der Waals surface area contributed by atoms with E-state index >= 15 is 0 Å². The van der Waals surface area contributed by atoms with E-state index in [9.17, 15) is 9.59 Å². The number of carbonyl (C=O) groups excluding carboxylic acids is 1. The Bertz CT molecular complexity index is 1070. The van der Waals surface area contributed by atoms with Crippen molar-refractivity contribution < 1.29 is 9.21 Å². The topological polar surface area (TPSA) is 53.8 Å². The maximum Gasteiger partial charge on any atom is 0.336 e. The fourth-order valence-electron chi connectivity index (χ4n) is 3.59. The molecule has 0 unspecified atom stereocenters. The van der Waals surface area contributed by atoms with E-state index in [1.54, 1.807) is 30.3 Å². The highest BCUT2D eigenvalue weighted by atomic mass is 35.5. The Kier molecular flexibility index (Phi) is 5.20. The van der Waals surface area contributed by atoms with Crippen LogP contribution < -0.4 is 5.63 Å². The molecule has 1 fully saturated rings. The number of benzene rings is 2. The van der Waals surface area contributed by atoms with E-state index in [1.165, 1.54) is 0 Å². The lowest BCUT2D eigenvalue weighted by Crippen LogP contribution is -2.48. The standard InChI is InChI=1S/C22H21ClN2O3/c1-15-2-7-19-17(13-21(26)28-20(19)12-15)14-24-8-10-25(11-9-24)22(27)16-3-5-18(23)6-4-16/h2-7,12-13H,8-11,14H2,1H3. The molecule has 0 N–H and O–H groups in total. The zero-order valence-corrected chi connectivity index (χ0v) is 16.4. The van der Waals surface area contributed by atoms with Gasteiger partial charge in [0.05, 0.1) is 0 Å². The number of rotatable bonds is 3. The summed E-state index contributed by atoms with van der Waals surface area (Å²) in [5.41, 5.74) is 2.97. The zero-order chi connectivity index (χ0) is 19.7. The highest BCUT2D eigenvalue weighted by Crippen LogP contribution is 2.21. The van der Waals surface area contributed by atoms with Crippen LogP contribution in [0.1, 0.15) is 21.5 Å². The van der Waals surface area contributed by atoms with Crippen molar-refractivity contribution in [2.24, 2.45) is 0 Å². The van der Waals surface area contributed by atoms with E-state index in [2.05, 4.69) is 4.90 Å². The third kappa shape index (κ3) is 3.96. The lowest BCUT2D eigenvalue weighted by Gasteiger charge is -2.35. The van der Waals surface area contributed by atoms with Gasteiger partial charge in [-0.3, -0.25) is 9.69 Å². The molecule has 1 saturated heterocycles. The summed E-state index contributed by atoms with van der Waals surface area (Å²) in [7, 11) is 0. The second-order valence-electron chi connectivity index (χ2n) is 7.17. The zero-order valence-electron chi connectivity index (χ0n) is 15.7. The van der Waals surface area contributed by atoms with E-state index in [4.69, 9.17) is 16.0 Å². The minimum absolute atomic E-state index is 0.0256. The van der Waals surface area contributed by atoms with Gasteiger partial charge >= 0.3 is 5.63 Å². The molecule has 28 heavy (non-hydrogen) atoms. The molecule has 0 saturated carbocycles. The molecule has 2 aromatic carbocycles. The summed E-state index contributed by atoms with van der Waals surface area (Å²) in [6.45, 7) is 5.46. The molecule has 2 heterocycles. The predicted octanol–water partition coefficient (Wildman–Crippen LogP) is 3.71. The lowest BCUT2D eigenvalue weighted by molar-refractivity contribution is 0.0629. The smallest absolute Gasteiger partial charge is 0.336 e. The van der Waals surface area contributed by atoms with Gasteiger partial charge in [0.1, 0.15) is 5.58 Å². The average molecular weight is 397 g/mol. The van der Waals surface area contributed by atoms with Crippen molar-refractivity contribution in [2.45, 2.75) is 13.5 Å². The van der Waals surface area contributed by atoms with E-state index in [-0.39, 0.29) is 11.5 Å². The minimum Gasteiger partial charge on any atom is -0.423 e. The fraction of sp³-hybridized carbons (Fsp3) is 0.273. The van der Waals surface area contributed by atoms with Gasteiger partial charge in [-0.15, -0.1) is 0 Å². The quantitative estimate of drug-likeness (QED) is 0.633. The van der Waals surface area contributed by atoms with Gasteiger partial charge in [0.25, 0.3) is 5.91 Å². The van der Waals surface area contributed by atoms with Crippen molar-refractivity contribution in [2.75, 3.05) is 26.2 Å². The summed E-state index contributed by atoms with van der Waals surface area (Å²) in [6, 6.07) is 14.5. The van der Waals surface area contributed by atoms with Gasteiger partial charge in [0.2, 0.25) is 0 Å². The molecule has 0 aliphatic carbocycles. The molecule has 3 aromatic rings. The highest BCUT2D eigenvalue weighted by Gasteiger charge is 2.22. The van der Waals surface area contributed by atoms with Crippen LogP contribution in [0.2, 0.25) is 5.02 Å². The van der Waals surface area contributed by atoms with Crippen molar-refractivity contribution in [3.63, 3.8) is 0 Å². The summed E-state index contributed by atoms with van der Waals surface area (Å²) < 4.78 is 5.34. The molecule has 144 valence electrons. The average Bonchev–Trinajstić information content (AvgIpc) is 2.68. The van der Waals surface area contributed by atoms with Crippen molar-refractivity contribution in [1.82, 2.24) is 9.80 Å². The largest absolute Gasteiger partial charge is 0.423 e. The maximum absolute atomic E-state index is 12.6. The number of amides is 1. The van der Waals surface area contributed by atoms with Crippen LogP contribution in [0, 0.1) is 6.92 Å². The van der Waals surface area contributed by atoms with Gasteiger partial charge < -0.3 is 9.32 Å². The first-order valence-electron chi connectivity index (χ1n) is 9.30. The molecule has 1 aliphatic rings. The highest BCUT2D eigenvalue weighted by molar-refractivity contribution is 6.30. The molecule has 0 atom stereocenters. The van der Waals surface area contributed by atoms with Crippen LogP contribution in [0.15, 0.2) is 57.7 Å². The van der Waals surface area contributed by atoms with Crippen molar-refractivity contribution in [3.05, 3.63) is 80.7 Å². The van der Waals surface area contributed by atoms with Crippen LogP contribution in [0.3, 0.4) is 0 Å². The van der Waals surface area contributed by atoms with E-state index in [1.807, 2.05) is 30.0 Å². The van der Waals surface area contributed by atoms with Crippen molar-refractivity contribution in [3.8, 4) is 0 Å². The summed E-state index contributed by atoms with van der Waals surface area (Å²) in [5, 5.41) is 1.58. The second-order valence-corrected chi connectivity index (χ2v) is 7.60. The molecule has 0 bridgehead atoms. The van der Waals surface area contributed by atoms with Crippen LogP contribution in [0.4, 0.5) is 0 Å². The SMILES string of the molecule is Cc1ccc2c(CN3CCN(C(=O)c4ccc(Cl)cc4)CC3)cc(=O)oc2c1. The summed E-state index contributed by atoms with van der Waals surface area (Å²) >= 11 is 5.90. The Hall–Kier alpha value is -2.63. The van der Waals surface area contributed by atoms with E-state index in [0.29, 0.717) is 35.8 Å². The first kappa shape index (κ1) is 18.7. The first-order valence-corrected chi connectivity index (χ1v) is 9.68. The van der Waals surface area contributed by atoms with Gasteiger partial charge in [-0.1, -0.05) is 23.7 Å². The van der Waals surface area contributed by atoms with Crippen LogP contribution in [0.5, 0.6) is 0 Å². The van der Waals surface area contributed by atoms with Gasteiger partial charge in [-0.2, -0.15) is 0 Å². The molecule has 1 aromatic heterocycles. The molecule has 0 spiro atoms. The number of fused-ring (bicyclic) bond motifs is 1. The third-order valence-electron chi connectivity index (χ3n) is 5.13. The van der Waals surface area contributed by atoms with Gasteiger partial charge in [-0.05, 0) is 48.4 Å². The Labute approximate surface area is 168 Å². The second kappa shape index (κ2) is 7.78. The van der Waals surface area contributed by atoms with Gasteiger partial charge in [-0.25, -0.2) is 4.79 Å². The van der Waals surface area contributed by atoms with Crippen LogP contribution in [-0.4, -0.2) is 41.9 Å². The van der Waals surface area contributed by atoms with Crippen LogP contribution in [-0.2, 0) is 6.54 Å². The molecule has 1 amide bonds. The Morgan fingerprint density at radius 3 is 2.46 bits per heavy atom. The number of hydrogen-bond donors (Lipinski definition) is 0. The number of hydrogen-bond acceptors (Lipinski definition) is 4. The predicted molar refractivity (Wildman–Crippen MR) is 110 cm³/mol. The lowest BCUT2D eigenvalue weighted by atomic mass is 10.1. The molecule has 4 rings (SSSR count). The maximum atomic E-state index is 12.6. The Balaban J connectivity index is 1.45. The van der Waals surface area contributed by atoms with Crippen LogP contribution >= 0.6 is 11.6 Å². The summed E-state index contributed by atoms with van der Waals surface area (Å²) in [5.74, 6) is 0.0256. The summed E-state index contributed by atoms with van der Waals surface area (Å²) in [4.78, 5) is 28.7. The van der Waals surface area contributed by atoms with Crippen LogP contribution in [0.25, 0.3) is 11.0 Å².